The van der Waals surface area contributed by atoms with Gasteiger partial charge in [-0.25, -0.2) is 4.98 Å². The Hall–Kier alpha value is -1.40. The van der Waals surface area contributed by atoms with E-state index in [0.717, 1.165) is 43.7 Å². The Labute approximate surface area is 152 Å². The zero-order valence-electron chi connectivity index (χ0n) is 16.5. The highest BCUT2D eigenvalue weighted by Gasteiger charge is 2.42. The van der Waals surface area contributed by atoms with E-state index in [2.05, 4.69) is 28.6 Å². The van der Waals surface area contributed by atoms with Crippen molar-refractivity contribution in [3.63, 3.8) is 0 Å². The van der Waals surface area contributed by atoms with E-state index in [1.54, 1.807) is 7.11 Å². The van der Waals surface area contributed by atoms with Crippen molar-refractivity contribution in [1.82, 2.24) is 14.9 Å². The third kappa shape index (κ3) is 3.90. The zero-order valence-corrected chi connectivity index (χ0v) is 16.5. The standard InChI is InChI=1S/C19H33N5O/c1-15-16(2)20-18(22(3)4)21-17(15)24-10-8-19(14-24)7-6-9-23(13-19)11-12-25-5/h6-14H2,1-5H3. The molecule has 2 fully saturated rings. The molecule has 6 heteroatoms. The second-order valence-electron chi connectivity index (χ2n) is 8.00. The maximum absolute atomic E-state index is 5.28. The number of likely N-dealkylation sites (tertiary alicyclic amines) is 1. The third-order valence-corrected chi connectivity index (χ3v) is 5.84. The Kier molecular flexibility index (Phi) is 5.49. The average Bonchev–Trinajstić information content (AvgIpc) is 2.98. The molecule has 1 spiro atoms. The normalized spacial score (nSPS) is 24.3. The van der Waals surface area contributed by atoms with Gasteiger partial charge >= 0.3 is 0 Å². The highest BCUT2D eigenvalue weighted by Crippen LogP contribution is 2.41. The van der Waals surface area contributed by atoms with E-state index in [1.165, 1.54) is 37.9 Å². The van der Waals surface area contributed by atoms with E-state index in [-0.39, 0.29) is 0 Å². The van der Waals surface area contributed by atoms with Crippen molar-refractivity contribution in [2.45, 2.75) is 33.1 Å². The van der Waals surface area contributed by atoms with Crippen LogP contribution in [0.3, 0.4) is 0 Å². The molecular weight excluding hydrogens is 314 g/mol. The van der Waals surface area contributed by atoms with Gasteiger partial charge in [0, 0.05) is 64.1 Å². The molecule has 1 unspecified atom stereocenters. The first-order valence-corrected chi connectivity index (χ1v) is 9.43. The molecule has 3 heterocycles. The molecule has 1 aromatic rings. The molecule has 2 aliphatic heterocycles. The molecule has 0 aromatic carbocycles. The first-order chi connectivity index (χ1) is 11.9. The number of hydrogen-bond donors (Lipinski definition) is 0. The molecule has 0 radical (unpaired) electrons. The Balaban J connectivity index is 1.76. The maximum atomic E-state index is 5.28. The van der Waals surface area contributed by atoms with Crippen LogP contribution in [0.25, 0.3) is 0 Å². The molecule has 2 saturated heterocycles. The quantitative estimate of drug-likeness (QED) is 0.813. The number of methoxy groups -OCH3 is 1. The summed E-state index contributed by atoms with van der Waals surface area (Å²) in [5.41, 5.74) is 2.71. The van der Waals surface area contributed by atoms with Gasteiger partial charge in [0.1, 0.15) is 5.82 Å². The molecule has 1 aromatic heterocycles. The number of aromatic nitrogens is 2. The molecule has 140 valence electrons. The van der Waals surface area contributed by atoms with Gasteiger partial charge in [-0.3, -0.25) is 0 Å². The van der Waals surface area contributed by atoms with Crippen molar-refractivity contribution >= 4 is 11.8 Å². The number of ether oxygens (including phenoxy) is 1. The van der Waals surface area contributed by atoms with Crippen LogP contribution in [0.4, 0.5) is 11.8 Å². The molecule has 1 atom stereocenters. The van der Waals surface area contributed by atoms with Crippen molar-refractivity contribution in [1.29, 1.82) is 0 Å². The van der Waals surface area contributed by atoms with Crippen LogP contribution >= 0.6 is 0 Å². The van der Waals surface area contributed by atoms with Gasteiger partial charge in [-0.2, -0.15) is 4.98 Å². The SMILES string of the molecule is COCCN1CCCC2(CCN(c3nc(N(C)C)nc(C)c3C)C2)C1. The van der Waals surface area contributed by atoms with E-state index in [9.17, 15) is 0 Å². The second-order valence-corrected chi connectivity index (χ2v) is 8.00. The van der Waals surface area contributed by atoms with Crippen LogP contribution in [0.15, 0.2) is 0 Å². The minimum atomic E-state index is 0.412. The Morgan fingerprint density at radius 1 is 1.12 bits per heavy atom. The predicted octanol–water partition coefficient (Wildman–Crippen LogP) is 2.10. The summed E-state index contributed by atoms with van der Waals surface area (Å²) in [5, 5.41) is 0. The molecule has 0 bridgehead atoms. The van der Waals surface area contributed by atoms with Gasteiger partial charge in [0.25, 0.3) is 0 Å². The fourth-order valence-corrected chi connectivity index (χ4v) is 4.28. The van der Waals surface area contributed by atoms with Crippen molar-refractivity contribution < 1.29 is 4.74 Å². The molecule has 0 saturated carbocycles. The van der Waals surface area contributed by atoms with Crippen LogP contribution in [-0.4, -0.2) is 75.4 Å². The summed E-state index contributed by atoms with van der Waals surface area (Å²) in [7, 11) is 5.81. The molecule has 0 N–H and O–H groups in total. The van der Waals surface area contributed by atoms with Crippen LogP contribution in [0.2, 0.25) is 0 Å². The lowest BCUT2D eigenvalue weighted by Gasteiger charge is -2.40. The average molecular weight is 348 g/mol. The lowest BCUT2D eigenvalue weighted by atomic mass is 9.79. The highest BCUT2D eigenvalue weighted by molar-refractivity contribution is 5.53. The first kappa shape index (κ1) is 18.4. The lowest BCUT2D eigenvalue weighted by Crippen LogP contribution is -2.46. The van der Waals surface area contributed by atoms with Crippen molar-refractivity contribution in [2.75, 3.05) is 70.3 Å². The fraction of sp³-hybridized carbons (Fsp3) is 0.789. The van der Waals surface area contributed by atoms with E-state index >= 15 is 0 Å². The molecule has 0 aliphatic carbocycles. The lowest BCUT2D eigenvalue weighted by molar-refractivity contribution is 0.0756. The number of aryl methyl sites for hydroxylation is 1. The number of anilines is 2. The van der Waals surface area contributed by atoms with Gasteiger partial charge in [-0.15, -0.1) is 0 Å². The summed E-state index contributed by atoms with van der Waals surface area (Å²) >= 11 is 0. The van der Waals surface area contributed by atoms with Crippen molar-refractivity contribution in [2.24, 2.45) is 5.41 Å². The number of nitrogens with zero attached hydrogens (tertiary/aromatic N) is 5. The van der Waals surface area contributed by atoms with Gasteiger partial charge in [-0.1, -0.05) is 0 Å². The Morgan fingerprint density at radius 2 is 1.92 bits per heavy atom. The van der Waals surface area contributed by atoms with Gasteiger partial charge in [0.15, 0.2) is 0 Å². The minimum Gasteiger partial charge on any atom is -0.383 e. The molecule has 2 aliphatic rings. The predicted molar refractivity (Wildman–Crippen MR) is 103 cm³/mol. The minimum absolute atomic E-state index is 0.412. The first-order valence-electron chi connectivity index (χ1n) is 9.43. The summed E-state index contributed by atoms with van der Waals surface area (Å²) in [5.74, 6) is 1.94. The Morgan fingerprint density at radius 3 is 2.64 bits per heavy atom. The zero-order chi connectivity index (χ0) is 18.0. The topological polar surface area (TPSA) is 44.7 Å². The second kappa shape index (κ2) is 7.46. The summed E-state index contributed by atoms with van der Waals surface area (Å²) in [4.78, 5) is 16.6. The Bertz CT molecular complexity index is 606. The maximum Gasteiger partial charge on any atom is 0.227 e. The van der Waals surface area contributed by atoms with Crippen molar-refractivity contribution in [3.05, 3.63) is 11.3 Å². The molecular formula is C19H33N5O. The van der Waals surface area contributed by atoms with E-state index < -0.39 is 0 Å². The smallest absolute Gasteiger partial charge is 0.227 e. The van der Waals surface area contributed by atoms with Crippen LogP contribution < -0.4 is 9.80 Å². The summed E-state index contributed by atoms with van der Waals surface area (Å²) in [6.45, 7) is 10.7. The summed E-state index contributed by atoms with van der Waals surface area (Å²) < 4.78 is 5.28. The van der Waals surface area contributed by atoms with Crippen LogP contribution in [0.1, 0.15) is 30.5 Å². The largest absolute Gasteiger partial charge is 0.383 e. The molecule has 3 rings (SSSR count). The van der Waals surface area contributed by atoms with E-state index in [0.29, 0.717) is 5.41 Å². The molecule has 6 nitrogen and oxygen atoms in total. The summed E-state index contributed by atoms with van der Waals surface area (Å²) in [6.07, 6.45) is 3.88. The van der Waals surface area contributed by atoms with Gasteiger partial charge in [0.05, 0.1) is 6.61 Å². The monoisotopic (exact) mass is 347 g/mol. The molecule has 0 amide bonds. The summed E-state index contributed by atoms with van der Waals surface area (Å²) in [6, 6.07) is 0. The van der Waals surface area contributed by atoms with E-state index in [1.807, 2.05) is 19.0 Å². The van der Waals surface area contributed by atoms with Crippen LogP contribution in [0.5, 0.6) is 0 Å². The number of hydrogen-bond acceptors (Lipinski definition) is 6. The van der Waals surface area contributed by atoms with E-state index in [4.69, 9.17) is 9.72 Å². The number of rotatable bonds is 5. The van der Waals surface area contributed by atoms with Crippen molar-refractivity contribution in [3.8, 4) is 0 Å². The number of piperidine rings is 1. The van der Waals surface area contributed by atoms with Crippen LogP contribution in [-0.2, 0) is 4.74 Å². The van der Waals surface area contributed by atoms with Gasteiger partial charge < -0.3 is 19.4 Å². The third-order valence-electron chi connectivity index (χ3n) is 5.84. The van der Waals surface area contributed by atoms with Gasteiger partial charge in [-0.05, 0) is 39.7 Å². The fourth-order valence-electron chi connectivity index (χ4n) is 4.28. The molecule has 25 heavy (non-hydrogen) atoms. The van der Waals surface area contributed by atoms with Gasteiger partial charge in [0.2, 0.25) is 5.95 Å². The van der Waals surface area contributed by atoms with Crippen LogP contribution in [0, 0.1) is 19.3 Å². The highest BCUT2D eigenvalue weighted by atomic mass is 16.5.